The van der Waals surface area contributed by atoms with Gasteiger partial charge in [0.15, 0.2) is 0 Å². The van der Waals surface area contributed by atoms with Crippen molar-refractivity contribution in [2.75, 3.05) is 0 Å². The summed E-state index contributed by atoms with van der Waals surface area (Å²) in [5.74, 6) is 0.235. The van der Waals surface area contributed by atoms with Crippen LogP contribution in [0.5, 0.6) is 11.5 Å². The first-order valence-electron chi connectivity index (χ1n) is 4.75. The number of hydrogen-bond donors (Lipinski definition) is 2. The molecular weight excluding hydrogens is 176 g/mol. The zero-order valence-corrected chi connectivity index (χ0v) is 8.83. The van der Waals surface area contributed by atoms with E-state index in [0.29, 0.717) is 0 Å². The maximum absolute atomic E-state index is 9.65. The second-order valence-electron chi connectivity index (χ2n) is 3.53. The molecule has 2 N–H and O–H groups in total. The van der Waals surface area contributed by atoms with E-state index in [1.54, 1.807) is 12.1 Å². The summed E-state index contributed by atoms with van der Waals surface area (Å²) in [6.07, 6.45) is 0.876. The minimum atomic E-state index is 0.0930. The third-order valence-corrected chi connectivity index (χ3v) is 2.26. The SMILES string of the molecule is CCC(=C(C)C)c1ccc(O)cc1O. The molecule has 0 amide bonds. The number of hydrogen-bond acceptors (Lipinski definition) is 2. The maximum Gasteiger partial charge on any atom is 0.126 e. The number of aromatic hydroxyl groups is 2. The zero-order valence-electron chi connectivity index (χ0n) is 8.83. The summed E-state index contributed by atoms with van der Waals surface area (Å²) in [5, 5.41) is 18.8. The van der Waals surface area contributed by atoms with Crippen LogP contribution in [0.3, 0.4) is 0 Å². The van der Waals surface area contributed by atoms with Gasteiger partial charge in [0.25, 0.3) is 0 Å². The Kier molecular flexibility index (Phi) is 3.18. The van der Waals surface area contributed by atoms with Crippen LogP contribution in [0.1, 0.15) is 32.8 Å². The Labute approximate surface area is 84.5 Å². The van der Waals surface area contributed by atoms with Crippen LogP contribution in [-0.4, -0.2) is 10.2 Å². The standard InChI is InChI=1S/C12H16O2/c1-4-10(8(2)3)11-6-5-9(13)7-12(11)14/h5-7,13-14H,4H2,1-3H3. The fourth-order valence-electron chi connectivity index (χ4n) is 1.59. The molecule has 0 saturated carbocycles. The van der Waals surface area contributed by atoms with E-state index in [1.807, 2.05) is 13.8 Å². The van der Waals surface area contributed by atoms with E-state index in [4.69, 9.17) is 5.11 Å². The molecule has 0 spiro atoms. The van der Waals surface area contributed by atoms with Gasteiger partial charge in [0.1, 0.15) is 11.5 Å². The normalized spacial score (nSPS) is 9.93. The molecule has 1 aromatic rings. The van der Waals surface area contributed by atoms with Gasteiger partial charge in [0, 0.05) is 11.6 Å². The lowest BCUT2D eigenvalue weighted by atomic mass is 9.98. The van der Waals surface area contributed by atoms with Crippen molar-refractivity contribution < 1.29 is 10.2 Å². The second-order valence-corrected chi connectivity index (χ2v) is 3.53. The maximum atomic E-state index is 9.65. The first-order chi connectivity index (χ1) is 6.56. The molecule has 76 valence electrons. The summed E-state index contributed by atoms with van der Waals surface area (Å²) < 4.78 is 0. The monoisotopic (exact) mass is 192 g/mol. The smallest absolute Gasteiger partial charge is 0.126 e. The summed E-state index contributed by atoms with van der Waals surface area (Å²) in [6.45, 7) is 6.09. The Balaban J connectivity index is 3.25. The summed E-state index contributed by atoms with van der Waals surface area (Å²) in [4.78, 5) is 0. The third kappa shape index (κ3) is 2.08. The van der Waals surface area contributed by atoms with E-state index in [-0.39, 0.29) is 11.5 Å². The van der Waals surface area contributed by atoms with Gasteiger partial charge in [0.2, 0.25) is 0 Å². The molecule has 1 rings (SSSR count). The fourth-order valence-corrected chi connectivity index (χ4v) is 1.59. The molecule has 0 aliphatic rings. The molecule has 0 aliphatic heterocycles. The summed E-state index contributed by atoms with van der Waals surface area (Å²) in [7, 11) is 0. The predicted octanol–water partition coefficient (Wildman–Crippen LogP) is 3.30. The summed E-state index contributed by atoms with van der Waals surface area (Å²) in [6, 6.07) is 4.71. The zero-order chi connectivity index (χ0) is 10.7. The van der Waals surface area contributed by atoms with Gasteiger partial charge in [-0.15, -0.1) is 0 Å². The van der Waals surface area contributed by atoms with Crippen molar-refractivity contribution >= 4 is 5.57 Å². The highest BCUT2D eigenvalue weighted by Crippen LogP contribution is 2.31. The van der Waals surface area contributed by atoms with Crippen molar-refractivity contribution in [3.63, 3.8) is 0 Å². The van der Waals surface area contributed by atoms with Gasteiger partial charge >= 0.3 is 0 Å². The van der Waals surface area contributed by atoms with Crippen LogP contribution in [0.2, 0.25) is 0 Å². The van der Waals surface area contributed by atoms with Crippen LogP contribution < -0.4 is 0 Å². The molecule has 0 bridgehead atoms. The Morgan fingerprint density at radius 2 is 1.86 bits per heavy atom. The first kappa shape index (κ1) is 10.6. The van der Waals surface area contributed by atoms with Crippen molar-refractivity contribution in [3.8, 4) is 11.5 Å². The van der Waals surface area contributed by atoms with Crippen LogP contribution in [0.4, 0.5) is 0 Å². The van der Waals surface area contributed by atoms with Crippen LogP contribution >= 0.6 is 0 Å². The van der Waals surface area contributed by atoms with Gasteiger partial charge in [-0.25, -0.2) is 0 Å². The van der Waals surface area contributed by atoms with E-state index in [1.165, 1.54) is 11.6 Å². The van der Waals surface area contributed by atoms with Gasteiger partial charge < -0.3 is 10.2 Å². The van der Waals surface area contributed by atoms with Crippen molar-refractivity contribution in [2.45, 2.75) is 27.2 Å². The van der Waals surface area contributed by atoms with E-state index in [0.717, 1.165) is 17.6 Å². The molecule has 0 radical (unpaired) electrons. The van der Waals surface area contributed by atoms with E-state index in [2.05, 4.69) is 6.92 Å². The van der Waals surface area contributed by atoms with Crippen LogP contribution in [0.15, 0.2) is 23.8 Å². The predicted molar refractivity (Wildman–Crippen MR) is 58.3 cm³/mol. The molecule has 1 aromatic carbocycles. The quantitative estimate of drug-likeness (QED) is 0.754. The van der Waals surface area contributed by atoms with Gasteiger partial charge in [-0.3, -0.25) is 0 Å². The molecule has 0 aliphatic carbocycles. The Morgan fingerprint density at radius 1 is 1.21 bits per heavy atom. The second kappa shape index (κ2) is 4.18. The highest BCUT2D eigenvalue weighted by molar-refractivity contribution is 5.72. The third-order valence-electron chi connectivity index (χ3n) is 2.26. The van der Waals surface area contributed by atoms with Crippen LogP contribution in [-0.2, 0) is 0 Å². The van der Waals surface area contributed by atoms with Crippen molar-refractivity contribution in [1.82, 2.24) is 0 Å². The van der Waals surface area contributed by atoms with Gasteiger partial charge in [-0.2, -0.15) is 0 Å². The summed E-state index contributed by atoms with van der Waals surface area (Å²) >= 11 is 0. The molecule has 2 heteroatoms. The minimum Gasteiger partial charge on any atom is -0.508 e. The lowest BCUT2D eigenvalue weighted by molar-refractivity contribution is 0.449. The first-order valence-corrected chi connectivity index (χ1v) is 4.75. The molecule has 2 nitrogen and oxygen atoms in total. The minimum absolute atomic E-state index is 0.0930. The highest BCUT2D eigenvalue weighted by atomic mass is 16.3. The molecule has 0 saturated heterocycles. The Morgan fingerprint density at radius 3 is 2.29 bits per heavy atom. The number of phenols is 2. The number of benzene rings is 1. The largest absolute Gasteiger partial charge is 0.508 e. The van der Waals surface area contributed by atoms with Crippen molar-refractivity contribution in [2.24, 2.45) is 0 Å². The van der Waals surface area contributed by atoms with Crippen molar-refractivity contribution in [1.29, 1.82) is 0 Å². The molecule has 14 heavy (non-hydrogen) atoms. The van der Waals surface area contributed by atoms with E-state index in [9.17, 15) is 5.11 Å². The van der Waals surface area contributed by atoms with Gasteiger partial charge in [-0.05, 0) is 38.0 Å². The van der Waals surface area contributed by atoms with Gasteiger partial charge in [0.05, 0.1) is 0 Å². The summed E-state index contributed by atoms with van der Waals surface area (Å²) in [5.41, 5.74) is 3.13. The topological polar surface area (TPSA) is 40.5 Å². The molecule has 0 unspecified atom stereocenters. The highest BCUT2D eigenvalue weighted by Gasteiger charge is 2.07. The lowest BCUT2D eigenvalue weighted by Gasteiger charge is -2.10. The molecular formula is C12H16O2. The Hall–Kier alpha value is -1.44. The van der Waals surface area contributed by atoms with Crippen LogP contribution in [0.25, 0.3) is 5.57 Å². The van der Waals surface area contributed by atoms with E-state index >= 15 is 0 Å². The molecule has 0 atom stereocenters. The lowest BCUT2D eigenvalue weighted by Crippen LogP contribution is -1.86. The average molecular weight is 192 g/mol. The number of rotatable bonds is 2. The average Bonchev–Trinajstić information content (AvgIpc) is 2.09. The molecule has 0 aromatic heterocycles. The number of phenolic OH excluding ortho intramolecular Hbond substituents is 2. The number of allylic oxidation sites excluding steroid dienone is 2. The fraction of sp³-hybridized carbons (Fsp3) is 0.333. The Bertz CT molecular complexity index is 361. The van der Waals surface area contributed by atoms with E-state index < -0.39 is 0 Å². The molecule has 0 fully saturated rings. The molecule has 0 heterocycles. The van der Waals surface area contributed by atoms with Crippen molar-refractivity contribution in [3.05, 3.63) is 29.3 Å². The van der Waals surface area contributed by atoms with Crippen LogP contribution in [0, 0.1) is 0 Å². The van der Waals surface area contributed by atoms with Gasteiger partial charge in [-0.1, -0.05) is 12.5 Å².